The minimum Gasteiger partial charge on any atom is -0.300 e. The van der Waals surface area contributed by atoms with Gasteiger partial charge in [-0.2, -0.15) is 5.26 Å². The van der Waals surface area contributed by atoms with E-state index in [1.54, 1.807) is 0 Å². The fourth-order valence-corrected chi connectivity index (χ4v) is 4.11. The largest absolute Gasteiger partial charge is 0.300 e. The molecule has 0 amide bonds. The van der Waals surface area contributed by atoms with Crippen molar-refractivity contribution in [3.63, 3.8) is 0 Å². The van der Waals surface area contributed by atoms with Gasteiger partial charge in [-0.25, -0.2) is 0 Å². The van der Waals surface area contributed by atoms with E-state index < -0.39 is 0 Å². The van der Waals surface area contributed by atoms with E-state index in [1.807, 2.05) is 18.2 Å². The lowest BCUT2D eigenvalue weighted by molar-refractivity contribution is 0.106. The zero-order chi connectivity index (χ0) is 16.9. The van der Waals surface area contributed by atoms with Gasteiger partial charge in [0.1, 0.15) is 0 Å². The molecule has 0 unspecified atom stereocenters. The molecule has 0 radical (unpaired) electrons. The standard InChI is InChI=1S/C20H30N4/c1-17-6-7-18(2)24(17)13-12-22-8-10-23(11-9-22)16-20-5-3-4-19(14-20)15-21/h3-5,14,17-18H,6-13,16H2,1-2H3/t17-,18-/m0/s1. The maximum absolute atomic E-state index is 9.01. The molecule has 2 atom stereocenters. The van der Waals surface area contributed by atoms with Crippen LogP contribution in [0.15, 0.2) is 24.3 Å². The number of hydrogen-bond donors (Lipinski definition) is 0. The molecule has 2 saturated heterocycles. The number of hydrogen-bond acceptors (Lipinski definition) is 4. The molecular weight excluding hydrogens is 296 g/mol. The van der Waals surface area contributed by atoms with Crippen molar-refractivity contribution in [2.45, 2.75) is 45.3 Å². The van der Waals surface area contributed by atoms with Crippen LogP contribution in [0.25, 0.3) is 0 Å². The Morgan fingerprint density at radius 1 is 1.00 bits per heavy atom. The lowest BCUT2D eigenvalue weighted by Crippen LogP contribution is -2.48. The summed E-state index contributed by atoms with van der Waals surface area (Å²) >= 11 is 0. The summed E-state index contributed by atoms with van der Waals surface area (Å²) in [5.41, 5.74) is 2.02. The van der Waals surface area contributed by atoms with Crippen LogP contribution in [-0.2, 0) is 6.54 Å². The molecule has 0 spiro atoms. The highest BCUT2D eigenvalue weighted by atomic mass is 15.3. The van der Waals surface area contributed by atoms with E-state index in [4.69, 9.17) is 5.26 Å². The monoisotopic (exact) mass is 326 g/mol. The summed E-state index contributed by atoms with van der Waals surface area (Å²) < 4.78 is 0. The normalized spacial score (nSPS) is 26.5. The Balaban J connectivity index is 1.42. The predicted molar refractivity (Wildman–Crippen MR) is 97.7 cm³/mol. The molecule has 3 rings (SSSR count). The summed E-state index contributed by atoms with van der Waals surface area (Å²) in [5.74, 6) is 0. The van der Waals surface area contributed by atoms with Crippen molar-refractivity contribution < 1.29 is 0 Å². The third-order valence-electron chi connectivity index (χ3n) is 5.74. The van der Waals surface area contributed by atoms with E-state index >= 15 is 0 Å². The van der Waals surface area contributed by atoms with E-state index in [9.17, 15) is 0 Å². The van der Waals surface area contributed by atoms with Gasteiger partial charge in [-0.15, -0.1) is 0 Å². The third-order valence-corrected chi connectivity index (χ3v) is 5.74. The Morgan fingerprint density at radius 3 is 2.33 bits per heavy atom. The summed E-state index contributed by atoms with van der Waals surface area (Å²) in [6.07, 6.45) is 2.72. The van der Waals surface area contributed by atoms with Crippen molar-refractivity contribution >= 4 is 0 Å². The van der Waals surface area contributed by atoms with Crippen LogP contribution in [0, 0.1) is 11.3 Å². The van der Waals surface area contributed by atoms with Crippen molar-refractivity contribution in [1.29, 1.82) is 5.26 Å². The molecule has 1 aromatic rings. The smallest absolute Gasteiger partial charge is 0.0991 e. The van der Waals surface area contributed by atoms with Crippen molar-refractivity contribution in [2.75, 3.05) is 39.3 Å². The average Bonchev–Trinajstić information content (AvgIpc) is 2.93. The van der Waals surface area contributed by atoms with Gasteiger partial charge in [0, 0.05) is 57.9 Å². The van der Waals surface area contributed by atoms with Crippen molar-refractivity contribution in [3.05, 3.63) is 35.4 Å². The predicted octanol–water partition coefficient (Wildman–Crippen LogP) is 2.55. The number of piperazine rings is 1. The minimum atomic E-state index is 0.758. The van der Waals surface area contributed by atoms with Gasteiger partial charge >= 0.3 is 0 Å². The van der Waals surface area contributed by atoms with Gasteiger partial charge in [0.15, 0.2) is 0 Å². The Labute approximate surface area is 146 Å². The van der Waals surface area contributed by atoms with Crippen LogP contribution in [0.4, 0.5) is 0 Å². The van der Waals surface area contributed by atoms with Crippen LogP contribution in [0.3, 0.4) is 0 Å². The lowest BCUT2D eigenvalue weighted by Gasteiger charge is -2.36. The summed E-state index contributed by atoms with van der Waals surface area (Å²) in [5, 5.41) is 9.01. The van der Waals surface area contributed by atoms with Crippen LogP contribution < -0.4 is 0 Å². The van der Waals surface area contributed by atoms with Crippen LogP contribution in [0.5, 0.6) is 0 Å². The summed E-state index contributed by atoms with van der Waals surface area (Å²) in [4.78, 5) is 7.80. The zero-order valence-corrected chi connectivity index (χ0v) is 15.1. The van der Waals surface area contributed by atoms with Crippen LogP contribution in [0.1, 0.15) is 37.8 Å². The van der Waals surface area contributed by atoms with Crippen LogP contribution in [0.2, 0.25) is 0 Å². The first-order chi connectivity index (χ1) is 11.7. The highest BCUT2D eigenvalue weighted by Crippen LogP contribution is 2.23. The molecule has 2 aliphatic rings. The average molecular weight is 326 g/mol. The maximum Gasteiger partial charge on any atom is 0.0991 e. The number of nitrogens with zero attached hydrogens (tertiary/aromatic N) is 4. The van der Waals surface area contributed by atoms with Crippen LogP contribution >= 0.6 is 0 Å². The Morgan fingerprint density at radius 2 is 1.67 bits per heavy atom. The van der Waals surface area contributed by atoms with Gasteiger partial charge < -0.3 is 0 Å². The number of nitriles is 1. The Hall–Kier alpha value is -1.41. The molecule has 2 heterocycles. The van der Waals surface area contributed by atoms with E-state index in [2.05, 4.69) is 40.7 Å². The molecule has 2 fully saturated rings. The summed E-state index contributed by atoms with van der Waals surface area (Å²) in [7, 11) is 0. The van der Waals surface area contributed by atoms with E-state index in [-0.39, 0.29) is 0 Å². The lowest BCUT2D eigenvalue weighted by atomic mass is 10.1. The molecule has 0 aliphatic carbocycles. The van der Waals surface area contributed by atoms with Gasteiger partial charge in [-0.05, 0) is 44.4 Å². The van der Waals surface area contributed by atoms with Gasteiger partial charge in [0.05, 0.1) is 11.6 Å². The zero-order valence-electron chi connectivity index (χ0n) is 15.1. The molecular formula is C20H30N4. The van der Waals surface area contributed by atoms with E-state index in [0.717, 1.165) is 50.4 Å². The van der Waals surface area contributed by atoms with Crippen molar-refractivity contribution in [1.82, 2.24) is 14.7 Å². The van der Waals surface area contributed by atoms with Crippen molar-refractivity contribution in [3.8, 4) is 6.07 Å². The van der Waals surface area contributed by atoms with Crippen molar-refractivity contribution in [2.24, 2.45) is 0 Å². The Kier molecular flexibility index (Phi) is 5.89. The second-order valence-corrected chi connectivity index (χ2v) is 7.44. The van der Waals surface area contributed by atoms with E-state index in [1.165, 1.54) is 31.5 Å². The first-order valence-corrected chi connectivity index (χ1v) is 9.35. The molecule has 130 valence electrons. The van der Waals surface area contributed by atoms with E-state index in [0.29, 0.717) is 0 Å². The molecule has 2 aliphatic heterocycles. The molecule has 24 heavy (non-hydrogen) atoms. The molecule has 0 bridgehead atoms. The third kappa shape index (κ3) is 4.36. The summed E-state index contributed by atoms with van der Waals surface area (Å²) in [6.45, 7) is 12.7. The van der Waals surface area contributed by atoms with Crippen LogP contribution in [-0.4, -0.2) is 66.1 Å². The van der Waals surface area contributed by atoms with Gasteiger partial charge in [0.2, 0.25) is 0 Å². The van der Waals surface area contributed by atoms with Gasteiger partial charge in [-0.3, -0.25) is 14.7 Å². The Bertz CT molecular complexity index is 561. The minimum absolute atomic E-state index is 0.758. The molecule has 4 heteroatoms. The molecule has 0 saturated carbocycles. The van der Waals surface area contributed by atoms with Gasteiger partial charge in [0.25, 0.3) is 0 Å². The quantitative estimate of drug-likeness (QED) is 0.833. The highest BCUT2D eigenvalue weighted by Gasteiger charge is 2.27. The maximum atomic E-state index is 9.01. The fraction of sp³-hybridized carbons (Fsp3) is 0.650. The second-order valence-electron chi connectivity index (χ2n) is 7.44. The molecule has 4 nitrogen and oxygen atoms in total. The fourth-order valence-electron chi connectivity index (χ4n) is 4.11. The number of benzene rings is 1. The molecule has 0 aromatic heterocycles. The topological polar surface area (TPSA) is 33.5 Å². The first kappa shape index (κ1) is 17.4. The highest BCUT2D eigenvalue weighted by molar-refractivity contribution is 5.32. The number of likely N-dealkylation sites (tertiary alicyclic amines) is 1. The van der Waals surface area contributed by atoms with Gasteiger partial charge in [-0.1, -0.05) is 12.1 Å². The summed E-state index contributed by atoms with van der Waals surface area (Å²) in [6, 6.07) is 11.8. The SMILES string of the molecule is C[C@H]1CC[C@H](C)N1CCN1CCN(Cc2cccc(C#N)c2)CC1. The molecule has 1 aromatic carbocycles. The molecule has 0 N–H and O–H groups in total. The first-order valence-electron chi connectivity index (χ1n) is 9.35. The second kappa shape index (κ2) is 8.11. The number of rotatable bonds is 5.